The Hall–Kier alpha value is -1.10. The number of carbonyl (C=O) groups is 1. The van der Waals surface area contributed by atoms with Gasteiger partial charge in [0.2, 0.25) is 0 Å². The summed E-state index contributed by atoms with van der Waals surface area (Å²) in [6.45, 7) is 3.05. The first-order chi connectivity index (χ1) is 8.15. The number of nitrogen functional groups attached to an aromatic ring is 1. The molecule has 1 aliphatic carbocycles. The minimum atomic E-state index is -0.101. The molecule has 2 atom stereocenters. The smallest absolute Gasteiger partial charge is 0.270 e. The Morgan fingerprint density at radius 2 is 2.47 bits per heavy atom. The van der Waals surface area contributed by atoms with Crippen LogP contribution in [0.5, 0.6) is 0 Å². The minimum absolute atomic E-state index is 0.101. The predicted octanol–water partition coefficient (Wildman–Crippen LogP) is 2.28. The highest BCUT2D eigenvalue weighted by atomic mass is 32.1. The van der Waals surface area contributed by atoms with Crippen LogP contribution in [0.2, 0.25) is 0 Å². The minimum Gasteiger partial charge on any atom is -0.375 e. The molecule has 1 amide bonds. The molecule has 1 aromatic rings. The Labute approximate surface area is 106 Å². The monoisotopic (exact) mass is 253 g/mol. The van der Waals surface area contributed by atoms with Crippen molar-refractivity contribution in [3.63, 3.8) is 0 Å². The van der Waals surface area contributed by atoms with Crippen molar-refractivity contribution in [3.8, 4) is 0 Å². The van der Waals surface area contributed by atoms with Gasteiger partial charge in [-0.05, 0) is 24.7 Å². The van der Waals surface area contributed by atoms with Crippen LogP contribution >= 0.6 is 11.3 Å². The summed E-state index contributed by atoms with van der Waals surface area (Å²) >= 11 is 1.30. The molecular formula is C12H19N3OS. The second-order valence-corrected chi connectivity index (χ2v) is 5.81. The van der Waals surface area contributed by atoms with E-state index >= 15 is 0 Å². The van der Waals surface area contributed by atoms with Crippen LogP contribution in [0.25, 0.3) is 0 Å². The molecule has 0 radical (unpaired) electrons. The van der Waals surface area contributed by atoms with Gasteiger partial charge in [-0.2, -0.15) is 0 Å². The molecule has 94 valence electrons. The van der Waals surface area contributed by atoms with E-state index in [4.69, 9.17) is 5.73 Å². The summed E-state index contributed by atoms with van der Waals surface area (Å²) in [7, 11) is 0. The molecule has 17 heavy (non-hydrogen) atoms. The summed E-state index contributed by atoms with van der Waals surface area (Å²) in [4.78, 5) is 15.7. The summed E-state index contributed by atoms with van der Waals surface area (Å²) in [5.74, 6) is 1.32. The van der Waals surface area contributed by atoms with Crippen molar-refractivity contribution in [1.82, 2.24) is 10.3 Å². The zero-order valence-corrected chi connectivity index (χ0v) is 10.9. The molecule has 1 fully saturated rings. The van der Waals surface area contributed by atoms with Crippen molar-refractivity contribution in [2.75, 3.05) is 12.3 Å². The summed E-state index contributed by atoms with van der Waals surface area (Å²) in [6, 6.07) is 0. The lowest BCUT2D eigenvalue weighted by molar-refractivity contribution is 0.0936. The number of thiazole rings is 1. The molecule has 0 aliphatic heterocycles. The summed E-state index contributed by atoms with van der Waals surface area (Å²) in [5, 5.41) is 5.10. The van der Waals surface area contributed by atoms with Gasteiger partial charge in [-0.1, -0.05) is 19.8 Å². The topological polar surface area (TPSA) is 68.0 Å². The largest absolute Gasteiger partial charge is 0.375 e. The number of carbonyl (C=O) groups excluding carboxylic acids is 1. The molecule has 0 saturated heterocycles. The average molecular weight is 253 g/mol. The van der Waals surface area contributed by atoms with Gasteiger partial charge in [-0.15, -0.1) is 11.3 Å². The maximum absolute atomic E-state index is 11.8. The van der Waals surface area contributed by atoms with Gasteiger partial charge >= 0.3 is 0 Å². The molecule has 0 spiro atoms. The number of hydrogen-bond donors (Lipinski definition) is 2. The first-order valence-electron chi connectivity index (χ1n) is 6.14. The Bertz CT molecular complexity index is 391. The molecule has 0 bridgehead atoms. The Kier molecular flexibility index (Phi) is 3.99. The molecular weight excluding hydrogens is 234 g/mol. The van der Waals surface area contributed by atoms with Crippen molar-refractivity contribution < 1.29 is 4.79 Å². The third-order valence-electron chi connectivity index (χ3n) is 3.35. The maximum Gasteiger partial charge on any atom is 0.270 e. The van der Waals surface area contributed by atoms with Crippen LogP contribution in [0.15, 0.2) is 5.38 Å². The SMILES string of the molecule is CC1CCCC(CNC(=O)c2csc(N)n2)C1. The van der Waals surface area contributed by atoms with E-state index in [0.717, 1.165) is 12.5 Å². The lowest BCUT2D eigenvalue weighted by atomic mass is 9.82. The van der Waals surface area contributed by atoms with Crippen LogP contribution in [0, 0.1) is 11.8 Å². The molecule has 2 rings (SSSR count). The number of aromatic nitrogens is 1. The molecule has 1 aromatic heterocycles. The van der Waals surface area contributed by atoms with Crippen molar-refractivity contribution in [1.29, 1.82) is 0 Å². The van der Waals surface area contributed by atoms with Gasteiger partial charge in [0.1, 0.15) is 5.69 Å². The van der Waals surface area contributed by atoms with Gasteiger partial charge in [0.25, 0.3) is 5.91 Å². The number of rotatable bonds is 3. The predicted molar refractivity (Wildman–Crippen MR) is 70.0 cm³/mol. The fourth-order valence-corrected chi connectivity index (χ4v) is 3.01. The molecule has 4 nitrogen and oxygen atoms in total. The van der Waals surface area contributed by atoms with E-state index in [9.17, 15) is 4.79 Å². The highest BCUT2D eigenvalue weighted by Crippen LogP contribution is 2.27. The third kappa shape index (κ3) is 3.43. The van der Waals surface area contributed by atoms with Crippen LogP contribution < -0.4 is 11.1 Å². The summed E-state index contributed by atoms with van der Waals surface area (Å²) < 4.78 is 0. The number of nitrogens with two attached hydrogens (primary N) is 1. The van der Waals surface area contributed by atoms with E-state index in [1.165, 1.54) is 37.0 Å². The van der Waals surface area contributed by atoms with Gasteiger partial charge < -0.3 is 11.1 Å². The maximum atomic E-state index is 11.8. The van der Waals surface area contributed by atoms with E-state index in [0.29, 0.717) is 16.7 Å². The van der Waals surface area contributed by atoms with Gasteiger partial charge in [-0.3, -0.25) is 4.79 Å². The van der Waals surface area contributed by atoms with Crippen molar-refractivity contribution in [2.45, 2.75) is 32.6 Å². The third-order valence-corrected chi connectivity index (χ3v) is 4.02. The summed E-state index contributed by atoms with van der Waals surface area (Å²) in [5.41, 5.74) is 5.94. The molecule has 2 unspecified atom stereocenters. The second-order valence-electron chi connectivity index (χ2n) is 4.92. The van der Waals surface area contributed by atoms with E-state index in [1.807, 2.05) is 0 Å². The Morgan fingerprint density at radius 3 is 3.12 bits per heavy atom. The fraction of sp³-hybridized carbons (Fsp3) is 0.667. The van der Waals surface area contributed by atoms with Crippen LogP contribution in [-0.2, 0) is 0 Å². The zero-order valence-electron chi connectivity index (χ0n) is 10.1. The van der Waals surface area contributed by atoms with E-state index in [1.54, 1.807) is 5.38 Å². The Balaban J connectivity index is 1.80. The van der Waals surface area contributed by atoms with Crippen molar-refractivity contribution in [3.05, 3.63) is 11.1 Å². The highest BCUT2D eigenvalue weighted by Gasteiger charge is 2.19. The lowest BCUT2D eigenvalue weighted by Gasteiger charge is -2.26. The van der Waals surface area contributed by atoms with Crippen LogP contribution in [-0.4, -0.2) is 17.4 Å². The number of nitrogens with zero attached hydrogens (tertiary/aromatic N) is 1. The van der Waals surface area contributed by atoms with Gasteiger partial charge in [-0.25, -0.2) is 4.98 Å². The van der Waals surface area contributed by atoms with Gasteiger partial charge in [0.15, 0.2) is 5.13 Å². The molecule has 0 aromatic carbocycles. The van der Waals surface area contributed by atoms with Gasteiger partial charge in [0.05, 0.1) is 0 Å². The fourth-order valence-electron chi connectivity index (χ4n) is 2.46. The number of nitrogens with one attached hydrogen (secondary N) is 1. The Morgan fingerprint density at radius 1 is 1.65 bits per heavy atom. The number of anilines is 1. The van der Waals surface area contributed by atoms with Gasteiger partial charge in [0, 0.05) is 11.9 Å². The quantitative estimate of drug-likeness (QED) is 0.868. The van der Waals surface area contributed by atoms with E-state index in [-0.39, 0.29) is 5.91 Å². The highest BCUT2D eigenvalue weighted by molar-refractivity contribution is 7.13. The van der Waals surface area contributed by atoms with E-state index in [2.05, 4.69) is 17.2 Å². The molecule has 1 heterocycles. The first-order valence-corrected chi connectivity index (χ1v) is 7.02. The molecule has 1 aliphatic rings. The number of amides is 1. The zero-order chi connectivity index (χ0) is 12.3. The molecule has 1 saturated carbocycles. The second kappa shape index (κ2) is 5.49. The van der Waals surface area contributed by atoms with Crippen LogP contribution in [0.4, 0.5) is 5.13 Å². The van der Waals surface area contributed by atoms with Crippen molar-refractivity contribution in [2.24, 2.45) is 11.8 Å². The standard InChI is InChI=1S/C12H19N3OS/c1-8-3-2-4-9(5-8)6-14-11(16)10-7-17-12(13)15-10/h7-9H,2-6H2,1H3,(H2,13,15)(H,14,16). The average Bonchev–Trinajstić information content (AvgIpc) is 2.73. The van der Waals surface area contributed by atoms with Crippen LogP contribution in [0.3, 0.4) is 0 Å². The van der Waals surface area contributed by atoms with Crippen molar-refractivity contribution >= 4 is 22.4 Å². The normalized spacial score (nSPS) is 24.5. The summed E-state index contributed by atoms with van der Waals surface area (Å²) in [6.07, 6.45) is 5.06. The number of hydrogen-bond acceptors (Lipinski definition) is 4. The van der Waals surface area contributed by atoms with E-state index < -0.39 is 0 Å². The first kappa shape index (κ1) is 12.4. The molecule has 5 heteroatoms. The molecule has 3 N–H and O–H groups in total. The lowest BCUT2D eigenvalue weighted by Crippen LogP contribution is -2.31. The van der Waals surface area contributed by atoms with Crippen LogP contribution in [0.1, 0.15) is 43.1 Å².